The zero-order valence-electron chi connectivity index (χ0n) is 19.4. The summed E-state index contributed by atoms with van der Waals surface area (Å²) in [6.07, 6.45) is 4.11. The summed E-state index contributed by atoms with van der Waals surface area (Å²) < 4.78 is 13.6. The summed E-state index contributed by atoms with van der Waals surface area (Å²) in [4.78, 5) is 17.6. The number of hydrogen-bond donors (Lipinski definition) is 1. The molecular weight excluding hydrogens is 445 g/mol. The fourth-order valence-electron chi connectivity index (χ4n) is 4.19. The number of nitrogens with zero attached hydrogens (tertiary/aromatic N) is 4. The van der Waals surface area contributed by atoms with E-state index < -0.39 is 0 Å². The Morgan fingerprint density at radius 3 is 2.47 bits per heavy atom. The molecule has 0 aliphatic carbocycles. The molecule has 1 fully saturated rings. The molecule has 0 amide bonds. The first-order valence-corrected chi connectivity index (χ1v) is 12.5. The van der Waals surface area contributed by atoms with Crippen LogP contribution >= 0.6 is 11.3 Å². The molecule has 1 saturated heterocycles. The van der Waals surface area contributed by atoms with Crippen LogP contribution in [0.2, 0.25) is 0 Å². The fraction of sp³-hybridized carbons (Fsp3) is 0.296. The highest BCUT2D eigenvalue weighted by atomic mass is 32.1. The van der Waals surface area contributed by atoms with Crippen molar-refractivity contribution in [2.45, 2.75) is 32.7 Å². The standard InChI is InChI=1S/C27H28FN5S/c1-18-13-16-33(17-14-18)27-32-24(21-8-10-22(28)11-9-21)25(34-27)23-12-15-29-26(31-23)30-19(2)20-6-4-3-5-7-20/h3-12,15,18-19H,13-14,16-17H2,1-2H3,(H,29,30,31). The number of benzene rings is 2. The maximum absolute atomic E-state index is 13.6. The van der Waals surface area contributed by atoms with E-state index in [1.54, 1.807) is 29.7 Å². The molecule has 5 rings (SSSR count). The van der Waals surface area contributed by atoms with E-state index in [1.807, 2.05) is 24.3 Å². The molecule has 0 spiro atoms. The zero-order valence-corrected chi connectivity index (χ0v) is 20.2. The maximum Gasteiger partial charge on any atom is 0.223 e. The maximum atomic E-state index is 13.6. The Bertz CT molecular complexity index is 1230. The predicted molar refractivity (Wildman–Crippen MR) is 138 cm³/mol. The van der Waals surface area contributed by atoms with E-state index in [0.717, 1.165) is 46.0 Å². The lowest BCUT2D eigenvalue weighted by Gasteiger charge is -2.29. The second-order valence-electron chi connectivity index (χ2n) is 8.89. The molecule has 2 aromatic heterocycles. The van der Waals surface area contributed by atoms with Crippen molar-refractivity contribution < 1.29 is 4.39 Å². The molecule has 4 aromatic rings. The van der Waals surface area contributed by atoms with Crippen LogP contribution in [0.5, 0.6) is 0 Å². The summed E-state index contributed by atoms with van der Waals surface area (Å²) in [6.45, 7) is 6.40. The van der Waals surface area contributed by atoms with Crippen LogP contribution in [-0.4, -0.2) is 28.0 Å². The summed E-state index contributed by atoms with van der Waals surface area (Å²) in [7, 11) is 0. The number of rotatable bonds is 6. The molecule has 0 saturated carbocycles. The van der Waals surface area contributed by atoms with Crippen LogP contribution in [0, 0.1) is 11.7 Å². The third kappa shape index (κ3) is 4.94. The summed E-state index contributed by atoms with van der Waals surface area (Å²) in [5, 5.41) is 4.40. The molecule has 3 heterocycles. The first-order valence-electron chi connectivity index (χ1n) is 11.7. The number of aromatic nitrogens is 3. The van der Waals surface area contributed by atoms with Gasteiger partial charge < -0.3 is 10.2 Å². The molecule has 1 N–H and O–H groups in total. The summed E-state index contributed by atoms with van der Waals surface area (Å²) >= 11 is 1.65. The number of nitrogens with one attached hydrogen (secondary N) is 1. The van der Waals surface area contributed by atoms with Gasteiger partial charge in [0.1, 0.15) is 5.82 Å². The second kappa shape index (κ2) is 9.89. The van der Waals surface area contributed by atoms with E-state index in [1.165, 1.54) is 30.5 Å². The van der Waals surface area contributed by atoms with Crippen molar-refractivity contribution in [3.8, 4) is 21.8 Å². The summed E-state index contributed by atoms with van der Waals surface area (Å²) in [6, 6.07) is 18.8. The van der Waals surface area contributed by atoms with E-state index in [4.69, 9.17) is 9.97 Å². The average Bonchev–Trinajstić information content (AvgIpc) is 3.31. The molecule has 5 nitrogen and oxygen atoms in total. The summed E-state index contributed by atoms with van der Waals surface area (Å²) in [5.74, 6) is 1.06. The smallest absolute Gasteiger partial charge is 0.223 e. The third-order valence-electron chi connectivity index (χ3n) is 6.32. The van der Waals surface area contributed by atoms with Crippen LogP contribution in [-0.2, 0) is 0 Å². The minimum absolute atomic E-state index is 0.0698. The van der Waals surface area contributed by atoms with E-state index in [2.05, 4.69) is 41.2 Å². The highest BCUT2D eigenvalue weighted by molar-refractivity contribution is 7.19. The van der Waals surface area contributed by atoms with Crippen LogP contribution in [0.15, 0.2) is 66.9 Å². The number of thiazole rings is 1. The molecular formula is C27H28FN5S. The molecule has 1 aliphatic rings. The molecule has 1 aliphatic heterocycles. The molecule has 0 radical (unpaired) electrons. The number of piperidine rings is 1. The van der Waals surface area contributed by atoms with Gasteiger partial charge in [-0.2, -0.15) is 0 Å². The van der Waals surface area contributed by atoms with Crippen molar-refractivity contribution >= 4 is 22.4 Å². The molecule has 7 heteroatoms. The van der Waals surface area contributed by atoms with Crippen molar-refractivity contribution in [1.29, 1.82) is 0 Å². The Kier molecular flexibility index (Phi) is 6.54. The molecule has 174 valence electrons. The highest BCUT2D eigenvalue weighted by Crippen LogP contribution is 2.40. The molecule has 34 heavy (non-hydrogen) atoms. The van der Waals surface area contributed by atoms with Gasteiger partial charge in [-0.25, -0.2) is 19.3 Å². The summed E-state index contributed by atoms with van der Waals surface area (Å²) in [5.41, 5.74) is 3.70. The average molecular weight is 474 g/mol. The van der Waals surface area contributed by atoms with E-state index in [-0.39, 0.29) is 11.9 Å². The Hall–Kier alpha value is -3.32. The molecule has 1 atom stereocenters. The lowest BCUT2D eigenvalue weighted by Crippen LogP contribution is -2.32. The van der Waals surface area contributed by atoms with Crippen LogP contribution in [0.4, 0.5) is 15.5 Å². The minimum Gasteiger partial charge on any atom is -0.348 e. The molecule has 0 bridgehead atoms. The Labute approximate surface area is 203 Å². The lowest BCUT2D eigenvalue weighted by atomic mass is 10.00. The number of anilines is 2. The van der Waals surface area contributed by atoms with Gasteiger partial charge in [0, 0.05) is 24.8 Å². The SMILES string of the molecule is CC1CCN(c2nc(-c3ccc(F)cc3)c(-c3ccnc(NC(C)c4ccccc4)n3)s2)CC1. The second-order valence-corrected chi connectivity index (χ2v) is 9.87. The predicted octanol–water partition coefficient (Wildman–Crippen LogP) is 6.82. The van der Waals surface area contributed by atoms with Gasteiger partial charge in [0.15, 0.2) is 5.13 Å². The van der Waals surface area contributed by atoms with Gasteiger partial charge in [-0.05, 0) is 61.6 Å². The Balaban J connectivity index is 1.49. The van der Waals surface area contributed by atoms with Crippen molar-refractivity contribution in [3.63, 3.8) is 0 Å². The lowest BCUT2D eigenvalue weighted by molar-refractivity contribution is 0.438. The van der Waals surface area contributed by atoms with E-state index in [0.29, 0.717) is 5.95 Å². The molecule has 1 unspecified atom stereocenters. The van der Waals surface area contributed by atoms with Crippen LogP contribution < -0.4 is 10.2 Å². The minimum atomic E-state index is -0.255. The largest absolute Gasteiger partial charge is 0.348 e. The van der Waals surface area contributed by atoms with Crippen LogP contribution in [0.25, 0.3) is 21.8 Å². The van der Waals surface area contributed by atoms with Gasteiger partial charge in [0.05, 0.1) is 22.3 Å². The van der Waals surface area contributed by atoms with Crippen LogP contribution in [0.3, 0.4) is 0 Å². The Morgan fingerprint density at radius 2 is 1.74 bits per heavy atom. The van der Waals surface area contributed by atoms with Crippen molar-refractivity contribution in [1.82, 2.24) is 15.0 Å². The van der Waals surface area contributed by atoms with Crippen molar-refractivity contribution in [2.24, 2.45) is 5.92 Å². The van der Waals surface area contributed by atoms with Gasteiger partial charge in [-0.3, -0.25) is 0 Å². The first kappa shape index (κ1) is 22.5. The highest BCUT2D eigenvalue weighted by Gasteiger charge is 2.23. The van der Waals surface area contributed by atoms with E-state index in [9.17, 15) is 4.39 Å². The van der Waals surface area contributed by atoms with Gasteiger partial charge >= 0.3 is 0 Å². The third-order valence-corrected chi connectivity index (χ3v) is 7.46. The molecule has 2 aromatic carbocycles. The van der Waals surface area contributed by atoms with Gasteiger partial charge in [0.25, 0.3) is 0 Å². The van der Waals surface area contributed by atoms with Gasteiger partial charge in [-0.15, -0.1) is 0 Å². The van der Waals surface area contributed by atoms with Crippen LogP contribution in [0.1, 0.15) is 38.3 Å². The number of hydrogen-bond acceptors (Lipinski definition) is 6. The number of halogens is 1. The van der Waals surface area contributed by atoms with E-state index >= 15 is 0 Å². The normalized spacial score (nSPS) is 15.3. The van der Waals surface area contributed by atoms with Gasteiger partial charge in [0.2, 0.25) is 5.95 Å². The monoisotopic (exact) mass is 473 g/mol. The van der Waals surface area contributed by atoms with Crippen molar-refractivity contribution in [3.05, 3.63) is 78.2 Å². The fourth-order valence-corrected chi connectivity index (χ4v) is 5.30. The quantitative estimate of drug-likeness (QED) is 0.333. The first-order chi connectivity index (χ1) is 16.6. The topological polar surface area (TPSA) is 53.9 Å². The Morgan fingerprint density at radius 1 is 1.00 bits per heavy atom. The zero-order chi connectivity index (χ0) is 23.5. The van der Waals surface area contributed by atoms with Gasteiger partial charge in [-0.1, -0.05) is 48.6 Å². The van der Waals surface area contributed by atoms with Crippen molar-refractivity contribution in [2.75, 3.05) is 23.3 Å².